The first-order chi connectivity index (χ1) is 8.56. The van der Waals surface area contributed by atoms with Crippen LogP contribution in [0.15, 0.2) is 24.3 Å². The SMILES string of the molecule is CC1SCC(C(O)Cc2ccc(Cl)cc2)SC1C. The van der Waals surface area contributed by atoms with Gasteiger partial charge in [0.1, 0.15) is 0 Å². The normalized spacial score (nSPS) is 30.1. The number of aliphatic hydroxyl groups is 1. The van der Waals surface area contributed by atoms with E-state index in [0.717, 1.165) is 22.8 Å². The van der Waals surface area contributed by atoms with Gasteiger partial charge in [-0.25, -0.2) is 0 Å². The highest BCUT2D eigenvalue weighted by atomic mass is 35.5. The Labute approximate surface area is 123 Å². The summed E-state index contributed by atoms with van der Waals surface area (Å²) in [5.74, 6) is 1.05. The summed E-state index contributed by atoms with van der Waals surface area (Å²) in [6, 6.07) is 7.77. The molecule has 1 saturated heterocycles. The number of hydrogen-bond acceptors (Lipinski definition) is 3. The number of halogens is 1. The summed E-state index contributed by atoms with van der Waals surface area (Å²) in [5.41, 5.74) is 1.16. The van der Waals surface area contributed by atoms with Gasteiger partial charge in [-0.2, -0.15) is 23.5 Å². The molecule has 0 saturated carbocycles. The standard InChI is InChI=1S/C14H19ClOS2/c1-9-10(2)18-14(8-17-9)13(16)7-11-3-5-12(15)6-4-11/h3-6,9-10,13-14,16H,7-8H2,1-2H3. The molecule has 1 fully saturated rings. The monoisotopic (exact) mass is 302 g/mol. The Hall–Kier alpha value is 0.170. The minimum atomic E-state index is -0.265. The first-order valence-electron chi connectivity index (χ1n) is 6.26. The van der Waals surface area contributed by atoms with Crippen molar-refractivity contribution in [3.63, 3.8) is 0 Å². The van der Waals surface area contributed by atoms with E-state index in [4.69, 9.17) is 11.6 Å². The van der Waals surface area contributed by atoms with E-state index in [9.17, 15) is 5.11 Å². The fraction of sp³-hybridized carbons (Fsp3) is 0.571. The maximum Gasteiger partial charge on any atom is 0.0707 e. The molecule has 0 spiro atoms. The minimum absolute atomic E-state index is 0.265. The van der Waals surface area contributed by atoms with Crippen LogP contribution in [0.5, 0.6) is 0 Å². The van der Waals surface area contributed by atoms with E-state index in [1.807, 2.05) is 47.8 Å². The van der Waals surface area contributed by atoms with Crippen LogP contribution in [0.25, 0.3) is 0 Å². The molecular formula is C14H19ClOS2. The molecule has 2 rings (SSSR count). The molecule has 4 unspecified atom stereocenters. The molecule has 1 aromatic carbocycles. The third-order valence-electron chi connectivity index (χ3n) is 3.36. The Bertz CT molecular complexity index is 382. The van der Waals surface area contributed by atoms with Crippen LogP contribution in [0.4, 0.5) is 0 Å². The quantitative estimate of drug-likeness (QED) is 0.915. The van der Waals surface area contributed by atoms with Crippen LogP contribution >= 0.6 is 35.1 Å². The van der Waals surface area contributed by atoms with Crippen molar-refractivity contribution in [2.24, 2.45) is 0 Å². The second-order valence-electron chi connectivity index (χ2n) is 4.82. The Morgan fingerprint density at radius 1 is 1.28 bits per heavy atom. The highest BCUT2D eigenvalue weighted by Crippen LogP contribution is 2.37. The van der Waals surface area contributed by atoms with Crippen LogP contribution in [-0.2, 0) is 6.42 Å². The third kappa shape index (κ3) is 3.83. The molecule has 0 amide bonds. The zero-order valence-corrected chi connectivity index (χ0v) is 13.1. The largest absolute Gasteiger partial charge is 0.392 e. The van der Waals surface area contributed by atoms with Crippen molar-refractivity contribution in [3.05, 3.63) is 34.9 Å². The molecule has 0 bridgehead atoms. The molecular weight excluding hydrogens is 284 g/mol. The first-order valence-corrected chi connectivity index (χ1v) is 8.63. The molecule has 4 heteroatoms. The molecule has 100 valence electrons. The first kappa shape index (κ1) is 14.6. The van der Waals surface area contributed by atoms with Gasteiger partial charge in [-0.3, -0.25) is 0 Å². The van der Waals surface area contributed by atoms with Crippen molar-refractivity contribution in [3.8, 4) is 0 Å². The molecule has 4 atom stereocenters. The number of rotatable bonds is 3. The molecule has 1 nitrogen and oxygen atoms in total. The summed E-state index contributed by atoms with van der Waals surface area (Å²) < 4.78 is 0. The van der Waals surface area contributed by atoms with E-state index in [-0.39, 0.29) is 6.10 Å². The van der Waals surface area contributed by atoms with Crippen molar-refractivity contribution in [2.75, 3.05) is 5.75 Å². The van der Waals surface area contributed by atoms with Gasteiger partial charge < -0.3 is 5.11 Å². The summed E-state index contributed by atoms with van der Waals surface area (Å²) >= 11 is 9.76. The molecule has 1 aliphatic heterocycles. The molecule has 0 radical (unpaired) electrons. The van der Waals surface area contributed by atoms with E-state index >= 15 is 0 Å². The summed E-state index contributed by atoms with van der Waals surface area (Å²) in [6.45, 7) is 4.52. The van der Waals surface area contributed by atoms with Crippen LogP contribution in [0.2, 0.25) is 5.02 Å². The summed E-state index contributed by atoms with van der Waals surface area (Å²) in [6.07, 6.45) is 0.454. The molecule has 18 heavy (non-hydrogen) atoms. The fourth-order valence-corrected chi connectivity index (χ4v) is 5.14. The number of benzene rings is 1. The van der Waals surface area contributed by atoms with Crippen molar-refractivity contribution in [1.29, 1.82) is 0 Å². The van der Waals surface area contributed by atoms with E-state index in [1.165, 1.54) is 0 Å². The average molecular weight is 303 g/mol. The van der Waals surface area contributed by atoms with Crippen LogP contribution in [0.3, 0.4) is 0 Å². The molecule has 1 heterocycles. The molecule has 1 N–H and O–H groups in total. The highest BCUT2D eigenvalue weighted by molar-refractivity contribution is 8.07. The Balaban J connectivity index is 1.91. The van der Waals surface area contributed by atoms with Crippen LogP contribution in [0.1, 0.15) is 19.4 Å². The smallest absolute Gasteiger partial charge is 0.0707 e. The Morgan fingerprint density at radius 3 is 2.56 bits per heavy atom. The number of aliphatic hydroxyl groups excluding tert-OH is 1. The maximum atomic E-state index is 10.3. The third-order valence-corrected chi connectivity index (χ3v) is 7.15. The lowest BCUT2D eigenvalue weighted by Crippen LogP contribution is -2.35. The predicted molar refractivity (Wildman–Crippen MR) is 83.9 cm³/mol. The van der Waals surface area contributed by atoms with E-state index < -0.39 is 0 Å². The zero-order chi connectivity index (χ0) is 13.1. The highest BCUT2D eigenvalue weighted by Gasteiger charge is 2.30. The van der Waals surface area contributed by atoms with Gasteiger partial charge >= 0.3 is 0 Å². The van der Waals surface area contributed by atoms with Crippen molar-refractivity contribution in [1.82, 2.24) is 0 Å². The lowest BCUT2D eigenvalue weighted by atomic mass is 10.1. The summed E-state index contributed by atoms with van der Waals surface area (Å²) in [5, 5.41) is 12.7. The topological polar surface area (TPSA) is 20.2 Å². The van der Waals surface area contributed by atoms with Crippen LogP contribution < -0.4 is 0 Å². The van der Waals surface area contributed by atoms with Gasteiger partial charge in [0, 0.05) is 26.5 Å². The Morgan fingerprint density at radius 2 is 1.94 bits per heavy atom. The van der Waals surface area contributed by atoms with Gasteiger partial charge in [0.2, 0.25) is 0 Å². The lowest BCUT2D eigenvalue weighted by molar-refractivity contribution is 0.177. The van der Waals surface area contributed by atoms with Crippen LogP contribution in [0, 0.1) is 0 Å². The second-order valence-corrected chi connectivity index (χ2v) is 8.28. The molecule has 0 aliphatic carbocycles. The lowest BCUT2D eigenvalue weighted by Gasteiger charge is -2.33. The minimum Gasteiger partial charge on any atom is -0.392 e. The van der Waals surface area contributed by atoms with E-state index in [0.29, 0.717) is 15.7 Å². The summed E-state index contributed by atoms with van der Waals surface area (Å²) in [4.78, 5) is 0. The van der Waals surface area contributed by atoms with E-state index in [2.05, 4.69) is 13.8 Å². The van der Waals surface area contributed by atoms with Crippen molar-refractivity contribution >= 4 is 35.1 Å². The zero-order valence-electron chi connectivity index (χ0n) is 10.7. The van der Waals surface area contributed by atoms with Gasteiger partial charge in [-0.15, -0.1) is 0 Å². The van der Waals surface area contributed by atoms with Gasteiger partial charge in [0.05, 0.1) is 6.10 Å². The molecule has 1 aromatic rings. The van der Waals surface area contributed by atoms with Gasteiger partial charge in [-0.1, -0.05) is 37.6 Å². The van der Waals surface area contributed by atoms with Gasteiger partial charge in [0.25, 0.3) is 0 Å². The predicted octanol–water partition coefficient (Wildman–Crippen LogP) is 3.87. The molecule has 0 aromatic heterocycles. The van der Waals surface area contributed by atoms with Crippen LogP contribution in [-0.4, -0.2) is 32.7 Å². The van der Waals surface area contributed by atoms with Gasteiger partial charge in [0.15, 0.2) is 0 Å². The molecule has 1 aliphatic rings. The fourth-order valence-electron chi connectivity index (χ4n) is 2.00. The number of hydrogen-bond donors (Lipinski definition) is 1. The Kier molecular flexibility index (Phi) is 5.31. The average Bonchev–Trinajstić information content (AvgIpc) is 2.35. The van der Waals surface area contributed by atoms with Crippen molar-refractivity contribution in [2.45, 2.75) is 42.1 Å². The number of thioether (sulfide) groups is 2. The summed E-state index contributed by atoms with van der Waals surface area (Å²) in [7, 11) is 0. The maximum absolute atomic E-state index is 10.3. The van der Waals surface area contributed by atoms with Gasteiger partial charge in [-0.05, 0) is 24.1 Å². The second kappa shape index (κ2) is 6.56. The van der Waals surface area contributed by atoms with E-state index in [1.54, 1.807) is 0 Å². The van der Waals surface area contributed by atoms with Crippen molar-refractivity contribution < 1.29 is 5.11 Å².